The molecule has 4 rings (SSSR count). The fourth-order valence-corrected chi connectivity index (χ4v) is 6.07. The average molecular weight is 276 g/mol. The maximum Gasteiger partial charge on any atom is 0.333 e. The maximum absolute atomic E-state index is 12.2. The van der Waals surface area contributed by atoms with Crippen LogP contribution in [0, 0.1) is 23.2 Å². The lowest BCUT2D eigenvalue weighted by Crippen LogP contribution is -2.65. The van der Waals surface area contributed by atoms with Crippen molar-refractivity contribution < 1.29 is 9.53 Å². The second-order valence-electron chi connectivity index (χ2n) is 7.57. The molecule has 4 aliphatic rings. The van der Waals surface area contributed by atoms with Crippen LogP contribution in [0.2, 0.25) is 0 Å². The van der Waals surface area contributed by atoms with Crippen LogP contribution >= 0.6 is 0 Å². The van der Waals surface area contributed by atoms with Gasteiger partial charge in [-0.1, -0.05) is 20.4 Å². The van der Waals surface area contributed by atoms with Crippen molar-refractivity contribution in [1.82, 2.24) is 0 Å². The van der Waals surface area contributed by atoms with Crippen molar-refractivity contribution >= 4 is 5.97 Å². The average Bonchev–Trinajstić information content (AvgIpc) is 2.38. The summed E-state index contributed by atoms with van der Waals surface area (Å²) in [5.74, 6) is 2.17. The van der Waals surface area contributed by atoms with Crippen LogP contribution in [0.4, 0.5) is 0 Å². The Labute approximate surface area is 123 Å². The standard InChI is InChI=1S/C18H28O2/c1-5-17(6-2)15-8-13-7-14(9-15)11-18(17,10-13)20-16(19)12(3)4/h13-15H,3,5-11H2,1-2,4H3. The van der Waals surface area contributed by atoms with Gasteiger partial charge in [0, 0.05) is 11.0 Å². The predicted molar refractivity (Wildman–Crippen MR) is 80.2 cm³/mol. The Morgan fingerprint density at radius 3 is 2.15 bits per heavy atom. The lowest BCUT2D eigenvalue weighted by atomic mass is 9.42. The van der Waals surface area contributed by atoms with E-state index in [1.165, 1.54) is 19.3 Å². The molecule has 0 amide bonds. The van der Waals surface area contributed by atoms with Gasteiger partial charge in [0.15, 0.2) is 0 Å². The van der Waals surface area contributed by atoms with Crippen LogP contribution in [0.5, 0.6) is 0 Å². The molecule has 0 aromatic carbocycles. The third kappa shape index (κ3) is 1.72. The molecule has 4 bridgehead atoms. The molecule has 2 unspecified atom stereocenters. The van der Waals surface area contributed by atoms with Crippen LogP contribution in [-0.4, -0.2) is 11.6 Å². The van der Waals surface area contributed by atoms with Crippen molar-refractivity contribution in [1.29, 1.82) is 0 Å². The minimum absolute atomic E-state index is 0.168. The molecule has 112 valence electrons. The third-order valence-electron chi connectivity index (χ3n) is 6.73. The molecule has 2 heteroatoms. The molecule has 4 saturated carbocycles. The van der Waals surface area contributed by atoms with Gasteiger partial charge in [-0.2, -0.15) is 0 Å². The summed E-state index contributed by atoms with van der Waals surface area (Å²) in [7, 11) is 0. The maximum atomic E-state index is 12.2. The van der Waals surface area contributed by atoms with E-state index in [-0.39, 0.29) is 17.0 Å². The first-order valence-corrected chi connectivity index (χ1v) is 8.35. The van der Waals surface area contributed by atoms with Gasteiger partial charge in [0.25, 0.3) is 0 Å². The van der Waals surface area contributed by atoms with Gasteiger partial charge >= 0.3 is 5.97 Å². The fourth-order valence-electron chi connectivity index (χ4n) is 6.07. The van der Waals surface area contributed by atoms with Gasteiger partial charge in [0.05, 0.1) is 0 Å². The summed E-state index contributed by atoms with van der Waals surface area (Å²) in [6.45, 7) is 10.1. The first-order chi connectivity index (χ1) is 9.46. The molecule has 0 radical (unpaired) electrons. The highest BCUT2D eigenvalue weighted by Crippen LogP contribution is 2.67. The van der Waals surface area contributed by atoms with E-state index in [0.717, 1.165) is 43.4 Å². The van der Waals surface area contributed by atoms with Crippen LogP contribution < -0.4 is 0 Å². The Bertz CT molecular complexity index is 419. The van der Waals surface area contributed by atoms with Crippen LogP contribution in [-0.2, 0) is 9.53 Å². The smallest absolute Gasteiger partial charge is 0.333 e. The lowest BCUT2D eigenvalue weighted by Gasteiger charge is -2.66. The Hall–Kier alpha value is -0.790. The normalized spacial score (nSPS) is 40.6. The van der Waals surface area contributed by atoms with E-state index in [2.05, 4.69) is 20.4 Å². The lowest BCUT2D eigenvalue weighted by molar-refractivity contribution is -0.245. The topological polar surface area (TPSA) is 26.3 Å². The molecular formula is C18H28O2. The molecular weight excluding hydrogens is 248 g/mol. The third-order valence-corrected chi connectivity index (χ3v) is 6.73. The number of rotatable bonds is 4. The van der Waals surface area contributed by atoms with Gasteiger partial charge in [0.1, 0.15) is 5.60 Å². The van der Waals surface area contributed by atoms with E-state index in [0.29, 0.717) is 5.57 Å². The van der Waals surface area contributed by atoms with Crippen LogP contribution in [0.3, 0.4) is 0 Å². The molecule has 2 atom stereocenters. The summed E-state index contributed by atoms with van der Waals surface area (Å²) in [4.78, 5) is 12.2. The van der Waals surface area contributed by atoms with E-state index in [9.17, 15) is 4.79 Å². The van der Waals surface area contributed by atoms with E-state index >= 15 is 0 Å². The highest BCUT2D eigenvalue weighted by Gasteiger charge is 2.65. The first-order valence-electron chi connectivity index (χ1n) is 8.35. The molecule has 20 heavy (non-hydrogen) atoms. The number of carbonyl (C=O) groups excluding carboxylic acids is 1. The Balaban J connectivity index is 1.99. The summed E-state index contributed by atoms with van der Waals surface area (Å²) >= 11 is 0. The molecule has 4 aliphatic carbocycles. The van der Waals surface area contributed by atoms with Crippen LogP contribution in [0.25, 0.3) is 0 Å². The first kappa shape index (κ1) is 14.2. The molecule has 0 spiro atoms. The SMILES string of the molecule is C=C(C)C(=O)OC12CC3CC(CC(C3)C1(CC)CC)C2. The van der Waals surface area contributed by atoms with Gasteiger partial charge in [0.2, 0.25) is 0 Å². The molecule has 4 fully saturated rings. The number of esters is 1. The van der Waals surface area contributed by atoms with Gasteiger partial charge in [-0.05, 0) is 69.6 Å². The van der Waals surface area contributed by atoms with Crippen molar-refractivity contribution in [3.8, 4) is 0 Å². The van der Waals surface area contributed by atoms with Crippen LogP contribution in [0.15, 0.2) is 12.2 Å². The van der Waals surface area contributed by atoms with E-state index in [4.69, 9.17) is 4.74 Å². The Morgan fingerprint density at radius 2 is 1.70 bits per heavy atom. The number of hydrogen-bond acceptors (Lipinski definition) is 2. The Morgan fingerprint density at radius 1 is 1.15 bits per heavy atom. The summed E-state index contributed by atoms with van der Waals surface area (Å²) in [5.41, 5.74) is 0.564. The Kier molecular flexibility index (Phi) is 3.26. The van der Waals surface area contributed by atoms with E-state index in [1.807, 2.05) is 0 Å². The van der Waals surface area contributed by atoms with Gasteiger partial charge in [-0.15, -0.1) is 0 Å². The number of hydrogen-bond donors (Lipinski definition) is 0. The van der Waals surface area contributed by atoms with Gasteiger partial charge in [-0.25, -0.2) is 4.79 Å². The molecule has 0 aromatic rings. The highest BCUT2D eigenvalue weighted by molar-refractivity contribution is 5.87. The van der Waals surface area contributed by atoms with Crippen LogP contribution in [0.1, 0.15) is 65.7 Å². The van der Waals surface area contributed by atoms with Crippen molar-refractivity contribution in [2.45, 2.75) is 71.3 Å². The zero-order valence-corrected chi connectivity index (χ0v) is 13.2. The highest BCUT2D eigenvalue weighted by atomic mass is 16.6. The quantitative estimate of drug-likeness (QED) is 0.558. The number of carbonyl (C=O) groups is 1. The molecule has 0 N–H and O–H groups in total. The summed E-state index contributed by atoms with van der Waals surface area (Å²) < 4.78 is 6.17. The summed E-state index contributed by atoms with van der Waals surface area (Å²) in [6.07, 6.45) is 8.57. The van der Waals surface area contributed by atoms with Gasteiger partial charge in [-0.3, -0.25) is 0 Å². The molecule has 2 nitrogen and oxygen atoms in total. The second kappa shape index (κ2) is 4.61. The van der Waals surface area contributed by atoms with Gasteiger partial charge < -0.3 is 4.74 Å². The predicted octanol–water partition coefficient (Wildman–Crippen LogP) is 4.49. The summed E-state index contributed by atoms with van der Waals surface area (Å²) in [6, 6.07) is 0. The largest absolute Gasteiger partial charge is 0.455 e. The van der Waals surface area contributed by atoms with E-state index in [1.54, 1.807) is 6.92 Å². The molecule has 0 aliphatic heterocycles. The second-order valence-corrected chi connectivity index (χ2v) is 7.57. The van der Waals surface area contributed by atoms with Crippen molar-refractivity contribution in [3.63, 3.8) is 0 Å². The minimum atomic E-state index is -0.193. The fraction of sp³-hybridized carbons (Fsp3) is 0.833. The minimum Gasteiger partial charge on any atom is -0.455 e. The monoisotopic (exact) mass is 276 g/mol. The zero-order valence-electron chi connectivity index (χ0n) is 13.2. The van der Waals surface area contributed by atoms with Crippen molar-refractivity contribution in [2.75, 3.05) is 0 Å². The summed E-state index contributed by atoms with van der Waals surface area (Å²) in [5, 5.41) is 0. The van der Waals surface area contributed by atoms with Crippen molar-refractivity contribution in [3.05, 3.63) is 12.2 Å². The molecule has 0 heterocycles. The number of ether oxygens (including phenoxy) is 1. The zero-order chi connectivity index (χ0) is 14.5. The van der Waals surface area contributed by atoms with E-state index < -0.39 is 0 Å². The van der Waals surface area contributed by atoms with Crippen molar-refractivity contribution in [2.24, 2.45) is 23.2 Å². The molecule has 0 saturated heterocycles. The molecule has 0 aromatic heterocycles.